The van der Waals surface area contributed by atoms with E-state index in [2.05, 4.69) is 23.7 Å². The fourth-order valence-electron chi connectivity index (χ4n) is 1.53. The van der Waals surface area contributed by atoms with Crippen molar-refractivity contribution in [1.82, 2.24) is 0 Å². The normalized spacial score (nSPS) is 8.56. The molecule has 0 saturated heterocycles. The molecule has 2 aromatic rings. The van der Waals surface area contributed by atoms with Gasteiger partial charge in [0.05, 0.1) is 0 Å². The molecule has 0 heterocycles. The van der Waals surface area contributed by atoms with Gasteiger partial charge in [-0.3, -0.25) is 0 Å². The van der Waals surface area contributed by atoms with Crippen LogP contribution in [0.3, 0.4) is 0 Å². The summed E-state index contributed by atoms with van der Waals surface area (Å²) in [7, 11) is 0. The van der Waals surface area contributed by atoms with Crippen molar-refractivity contribution >= 4 is 0 Å². The van der Waals surface area contributed by atoms with E-state index in [4.69, 9.17) is 12.8 Å². The molecule has 0 nitrogen and oxygen atoms in total. The Morgan fingerprint density at radius 1 is 0.611 bits per heavy atom. The molecule has 18 heavy (non-hydrogen) atoms. The summed E-state index contributed by atoms with van der Waals surface area (Å²) in [6, 6.07) is 15.3. The van der Waals surface area contributed by atoms with Gasteiger partial charge in [-0.25, -0.2) is 0 Å². The van der Waals surface area contributed by atoms with Crippen LogP contribution in [0.4, 0.5) is 0 Å². The average molecular weight is 226 g/mol. The van der Waals surface area contributed by atoms with E-state index in [9.17, 15) is 0 Å². The van der Waals surface area contributed by atoms with Crippen molar-refractivity contribution in [3.05, 3.63) is 70.8 Å². The Hall–Kier alpha value is -2.88. The van der Waals surface area contributed by atoms with Gasteiger partial charge in [0, 0.05) is 22.3 Å². The van der Waals surface area contributed by atoms with E-state index in [1.54, 1.807) is 6.07 Å². The van der Waals surface area contributed by atoms with Gasteiger partial charge in [-0.05, 0) is 30.3 Å². The highest BCUT2D eigenvalue weighted by molar-refractivity contribution is 5.51. The standard InChI is InChI=1S/C18H10/c1-3-15-12-16(4-2)14-18(13-15)11-10-17-8-6-5-7-9-17/h1-2,5-9,12-14H. The van der Waals surface area contributed by atoms with Crippen LogP contribution in [0.15, 0.2) is 48.5 Å². The van der Waals surface area contributed by atoms with Gasteiger partial charge in [-0.1, -0.05) is 41.9 Å². The van der Waals surface area contributed by atoms with E-state index in [0.717, 1.165) is 22.3 Å². The van der Waals surface area contributed by atoms with Crippen molar-refractivity contribution < 1.29 is 0 Å². The van der Waals surface area contributed by atoms with Crippen LogP contribution in [0.2, 0.25) is 0 Å². The largest absolute Gasteiger partial charge is 0.115 e. The predicted molar refractivity (Wildman–Crippen MR) is 74.7 cm³/mol. The molecule has 0 saturated carbocycles. The molecule has 2 aromatic carbocycles. The van der Waals surface area contributed by atoms with Gasteiger partial charge >= 0.3 is 0 Å². The summed E-state index contributed by atoms with van der Waals surface area (Å²) in [4.78, 5) is 0. The zero-order valence-electron chi connectivity index (χ0n) is 9.77. The fraction of sp³-hybridized carbons (Fsp3) is 0. The molecule has 0 aliphatic rings. The predicted octanol–water partition coefficient (Wildman–Crippen LogP) is 3.05. The second kappa shape index (κ2) is 5.45. The molecule has 0 spiro atoms. The van der Waals surface area contributed by atoms with Crippen molar-refractivity contribution in [1.29, 1.82) is 0 Å². The SMILES string of the molecule is C#Cc1cc(C#C)cc(C#Cc2ccccc2)c1. The molecule has 0 fully saturated rings. The minimum atomic E-state index is 0.753. The Balaban J connectivity index is 2.39. The molecule has 0 N–H and O–H groups in total. The van der Waals surface area contributed by atoms with Crippen molar-refractivity contribution in [3.63, 3.8) is 0 Å². The summed E-state index contributed by atoms with van der Waals surface area (Å²) in [6.45, 7) is 0. The molecule has 0 aliphatic heterocycles. The van der Waals surface area contributed by atoms with Crippen molar-refractivity contribution in [2.45, 2.75) is 0 Å². The summed E-state index contributed by atoms with van der Waals surface area (Å²) in [5.74, 6) is 11.3. The summed E-state index contributed by atoms with van der Waals surface area (Å²) in [6.07, 6.45) is 10.8. The van der Waals surface area contributed by atoms with Gasteiger partial charge in [0.25, 0.3) is 0 Å². The van der Waals surface area contributed by atoms with Crippen molar-refractivity contribution in [3.8, 4) is 36.5 Å². The van der Waals surface area contributed by atoms with Crippen LogP contribution >= 0.6 is 0 Å². The minimum Gasteiger partial charge on any atom is -0.115 e. The lowest BCUT2D eigenvalue weighted by Gasteiger charge is -1.96. The lowest BCUT2D eigenvalue weighted by atomic mass is 10.1. The molecule has 0 heteroatoms. The molecule has 82 valence electrons. The van der Waals surface area contributed by atoms with Gasteiger partial charge in [0.15, 0.2) is 0 Å². The third-order valence-corrected chi connectivity index (χ3v) is 2.39. The molecule has 0 bridgehead atoms. The van der Waals surface area contributed by atoms with E-state index in [1.165, 1.54) is 0 Å². The van der Waals surface area contributed by atoms with Crippen LogP contribution in [-0.4, -0.2) is 0 Å². The Morgan fingerprint density at radius 3 is 1.67 bits per heavy atom. The summed E-state index contributed by atoms with van der Waals surface area (Å²) in [5, 5.41) is 0. The third-order valence-electron chi connectivity index (χ3n) is 2.39. The van der Waals surface area contributed by atoms with E-state index in [1.807, 2.05) is 42.5 Å². The van der Waals surface area contributed by atoms with Crippen LogP contribution in [0, 0.1) is 36.5 Å². The maximum atomic E-state index is 5.38. The molecular formula is C18H10. The Morgan fingerprint density at radius 2 is 1.11 bits per heavy atom. The fourth-order valence-corrected chi connectivity index (χ4v) is 1.53. The van der Waals surface area contributed by atoms with Crippen LogP contribution in [0.1, 0.15) is 22.3 Å². The first kappa shape index (κ1) is 11.6. The zero-order chi connectivity index (χ0) is 12.8. The zero-order valence-corrected chi connectivity index (χ0v) is 9.77. The number of hydrogen-bond donors (Lipinski definition) is 0. The summed E-state index contributed by atoms with van der Waals surface area (Å²) in [5.41, 5.74) is 3.30. The van der Waals surface area contributed by atoms with E-state index in [0.29, 0.717) is 0 Å². The lowest BCUT2D eigenvalue weighted by Crippen LogP contribution is -1.83. The van der Waals surface area contributed by atoms with Gasteiger partial charge in [0.2, 0.25) is 0 Å². The summed E-state index contributed by atoms with van der Waals surface area (Å²) < 4.78 is 0. The molecular weight excluding hydrogens is 216 g/mol. The first-order valence-electron chi connectivity index (χ1n) is 5.47. The first-order valence-corrected chi connectivity index (χ1v) is 5.47. The maximum absolute atomic E-state index is 5.38. The average Bonchev–Trinajstić information content (AvgIpc) is 2.45. The monoisotopic (exact) mass is 226 g/mol. The Labute approximate surface area is 108 Å². The molecule has 2 rings (SSSR count). The van der Waals surface area contributed by atoms with E-state index in [-0.39, 0.29) is 0 Å². The highest BCUT2D eigenvalue weighted by Gasteiger charge is 1.95. The second-order valence-electron chi connectivity index (χ2n) is 3.70. The molecule has 0 aliphatic carbocycles. The Kier molecular flexibility index (Phi) is 3.51. The molecule has 0 amide bonds. The Bertz CT molecular complexity index is 663. The highest BCUT2D eigenvalue weighted by atomic mass is 14.0. The molecule has 0 radical (unpaired) electrons. The topological polar surface area (TPSA) is 0 Å². The second-order valence-corrected chi connectivity index (χ2v) is 3.70. The van der Waals surface area contributed by atoms with Gasteiger partial charge in [-0.15, -0.1) is 12.8 Å². The molecule has 0 aromatic heterocycles. The minimum absolute atomic E-state index is 0.753. The van der Waals surface area contributed by atoms with E-state index >= 15 is 0 Å². The van der Waals surface area contributed by atoms with Crippen molar-refractivity contribution in [2.24, 2.45) is 0 Å². The molecule has 0 unspecified atom stereocenters. The smallest absolute Gasteiger partial charge is 0.0273 e. The third kappa shape index (κ3) is 2.82. The van der Waals surface area contributed by atoms with Gasteiger partial charge in [0.1, 0.15) is 0 Å². The van der Waals surface area contributed by atoms with Crippen LogP contribution in [-0.2, 0) is 0 Å². The number of rotatable bonds is 0. The van der Waals surface area contributed by atoms with Crippen molar-refractivity contribution in [2.75, 3.05) is 0 Å². The maximum Gasteiger partial charge on any atom is 0.0273 e. The number of terminal acetylenes is 2. The summed E-state index contributed by atoms with van der Waals surface area (Å²) >= 11 is 0. The highest BCUT2D eigenvalue weighted by Crippen LogP contribution is 2.08. The number of benzene rings is 2. The molecule has 0 atom stereocenters. The number of hydrogen-bond acceptors (Lipinski definition) is 0. The van der Waals surface area contributed by atoms with Gasteiger partial charge in [-0.2, -0.15) is 0 Å². The van der Waals surface area contributed by atoms with Crippen LogP contribution < -0.4 is 0 Å². The van der Waals surface area contributed by atoms with Gasteiger partial charge < -0.3 is 0 Å². The quantitative estimate of drug-likeness (QED) is 0.606. The first-order chi connectivity index (χ1) is 8.81. The van der Waals surface area contributed by atoms with Crippen LogP contribution in [0.25, 0.3) is 0 Å². The lowest BCUT2D eigenvalue weighted by molar-refractivity contribution is 1.56. The van der Waals surface area contributed by atoms with E-state index < -0.39 is 0 Å². The van der Waals surface area contributed by atoms with Crippen LogP contribution in [0.5, 0.6) is 0 Å².